The third-order valence-electron chi connectivity index (χ3n) is 4.56. The maximum atomic E-state index is 12.1. The number of piperidine rings is 1. The Bertz CT molecular complexity index is 515. The predicted molar refractivity (Wildman–Crippen MR) is 89.6 cm³/mol. The first-order chi connectivity index (χ1) is 10.2. The van der Waals surface area contributed by atoms with Crippen molar-refractivity contribution >= 4 is 35.6 Å². The zero-order valence-corrected chi connectivity index (χ0v) is 14.0. The van der Waals surface area contributed by atoms with Crippen LogP contribution < -0.4 is 16.0 Å². The largest absolute Gasteiger partial charge is 0.354 e. The topological polar surface area (TPSA) is 70.2 Å². The lowest BCUT2D eigenvalue weighted by Gasteiger charge is -2.23. The van der Waals surface area contributed by atoms with Gasteiger partial charge >= 0.3 is 0 Å². The molecular formula is C15H22ClN3O2S. The number of nitrogens with one attached hydrogen (secondary N) is 3. The van der Waals surface area contributed by atoms with E-state index in [1.165, 1.54) is 11.3 Å². The van der Waals surface area contributed by atoms with E-state index in [2.05, 4.69) is 16.0 Å². The number of amides is 2. The molecule has 1 saturated heterocycles. The van der Waals surface area contributed by atoms with Gasteiger partial charge in [-0.05, 0) is 49.2 Å². The van der Waals surface area contributed by atoms with Gasteiger partial charge in [0.25, 0.3) is 5.91 Å². The highest BCUT2D eigenvalue weighted by Gasteiger charge is 2.57. The molecule has 2 amide bonds. The van der Waals surface area contributed by atoms with Gasteiger partial charge in [-0.1, -0.05) is 6.07 Å². The lowest BCUT2D eigenvalue weighted by Crippen LogP contribution is -2.37. The van der Waals surface area contributed by atoms with E-state index in [0.717, 1.165) is 32.4 Å². The SMILES string of the molecule is Cl.O=C(NCCNC(=O)C1CC12CCNCC2)c1cccs1. The van der Waals surface area contributed by atoms with Gasteiger partial charge in [-0.2, -0.15) is 0 Å². The van der Waals surface area contributed by atoms with E-state index >= 15 is 0 Å². The van der Waals surface area contributed by atoms with Crippen LogP contribution in [0.5, 0.6) is 0 Å². The van der Waals surface area contributed by atoms with Crippen molar-refractivity contribution in [2.45, 2.75) is 19.3 Å². The molecule has 0 bridgehead atoms. The maximum Gasteiger partial charge on any atom is 0.261 e. The summed E-state index contributed by atoms with van der Waals surface area (Å²) >= 11 is 1.42. The highest BCUT2D eigenvalue weighted by atomic mass is 35.5. The summed E-state index contributed by atoms with van der Waals surface area (Å²) in [4.78, 5) is 24.5. The molecule has 22 heavy (non-hydrogen) atoms. The fourth-order valence-electron chi connectivity index (χ4n) is 3.18. The monoisotopic (exact) mass is 343 g/mol. The van der Waals surface area contributed by atoms with Crippen LogP contribution in [-0.4, -0.2) is 38.0 Å². The summed E-state index contributed by atoms with van der Waals surface area (Å²) in [6, 6.07) is 3.65. The molecule has 5 nitrogen and oxygen atoms in total. The fourth-order valence-corrected chi connectivity index (χ4v) is 3.82. The normalized spacial score (nSPS) is 21.7. The minimum absolute atomic E-state index is 0. The minimum Gasteiger partial charge on any atom is -0.354 e. The zero-order valence-electron chi connectivity index (χ0n) is 12.4. The van der Waals surface area contributed by atoms with Gasteiger partial charge < -0.3 is 16.0 Å². The quantitative estimate of drug-likeness (QED) is 0.708. The Balaban J connectivity index is 0.00000176. The van der Waals surface area contributed by atoms with Crippen LogP contribution in [0.4, 0.5) is 0 Å². The smallest absolute Gasteiger partial charge is 0.261 e. The summed E-state index contributed by atoms with van der Waals surface area (Å²) in [6.45, 7) is 3.03. The molecule has 2 aliphatic rings. The van der Waals surface area contributed by atoms with Crippen molar-refractivity contribution in [1.29, 1.82) is 0 Å². The van der Waals surface area contributed by atoms with Gasteiger partial charge in [0.1, 0.15) is 0 Å². The average Bonchev–Trinajstić information content (AvgIpc) is 2.95. The number of hydrogen-bond acceptors (Lipinski definition) is 4. The first kappa shape index (κ1) is 17.2. The number of thiophene rings is 1. The first-order valence-electron chi connectivity index (χ1n) is 7.51. The molecule has 3 N–H and O–H groups in total. The third-order valence-corrected chi connectivity index (χ3v) is 5.43. The van der Waals surface area contributed by atoms with Gasteiger partial charge in [0.2, 0.25) is 5.91 Å². The van der Waals surface area contributed by atoms with Gasteiger partial charge in [0, 0.05) is 19.0 Å². The molecule has 0 aromatic carbocycles. The van der Waals surface area contributed by atoms with Crippen molar-refractivity contribution < 1.29 is 9.59 Å². The molecule has 2 fully saturated rings. The van der Waals surface area contributed by atoms with E-state index in [0.29, 0.717) is 18.0 Å². The van der Waals surface area contributed by atoms with Crippen LogP contribution in [0.15, 0.2) is 17.5 Å². The van der Waals surface area contributed by atoms with E-state index in [-0.39, 0.29) is 35.6 Å². The molecule has 122 valence electrons. The molecule has 0 radical (unpaired) electrons. The molecule has 1 aliphatic carbocycles. The standard InChI is InChI=1S/C15H21N3O2S.ClH/c19-13(11-10-15(11)3-5-16-6-4-15)17-7-8-18-14(20)12-2-1-9-21-12;/h1-2,9,11,16H,3-8,10H2,(H,17,19)(H,18,20);1H. The summed E-state index contributed by atoms with van der Waals surface area (Å²) in [5.41, 5.74) is 0.273. The van der Waals surface area contributed by atoms with Crippen molar-refractivity contribution in [3.63, 3.8) is 0 Å². The number of carbonyl (C=O) groups excluding carboxylic acids is 2. The van der Waals surface area contributed by atoms with E-state index < -0.39 is 0 Å². The Hall–Kier alpha value is -1.11. The molecule has 1 spiro atoms. The second kappa shape index (κ2) is 7.44. The molecule has 2 heterocycles. The Morgan fingerprint density at radius 3 is 2.68 bits per heavy atom. The van der Waals surface area contributed by atoms with Crippen LogP contribution >= 0.6 is 23.7 Å². The summed E-state index contributed by atoms with van der Waals surface area (Å²) < 4.78 is 0. The predicted octanol–water partition coefficient (Wildman–Crippen LogP) is 1.41. The van der Waals surface area contributed by atoms with Crippen molar-refractivity contribution in [3.05, 3.63) is 22.4 Å². The maximum absolute atomic E-state index is 12.1. The van der Waals surface area contributed by atoms with Gasteiger partial charge in [-0.15, -0.1) is 23.7 Å². The molecule has 1 aliphatic heterocycles. The molecule has 7 heteroatoms. The third kappa shape index (κ3) is 3.80. The summed E-state index contributed by atoms with van der Waals surface area (Å²) in [5, 5.41) is 11.0. The summed E-state index contributed by atoms with van der Waals surface area (Å²) in [5.74, 6) is 0.273. The number of hydrogen-bond donors (Lipinski definition) is 3. The molecular weight excluding hydrogens is 322 g/mol. The summed E-state index contributed by atoms with van der Waals surface area (Å²) in [7, 11) is 0. The lowest BCUT2D eigenvalue weighted by molar-refractivity contribution is -0.123. The van der Waals surface area contributed by atoms with E-state index in [9.17, 15) is 9.59 Å². The van der Waals surface area contributed by atoms with Crippen LogP contribution in [0.3, 0.4) is 0 Å². The number of rotatable bonds is 5. The summed E-state index contributed by atoms with van der Waals surface area (Å²) in [6.07, 6.45) is 3.25. The molecule has 1 aromatic rings. The van der Waals surface area contributed by atoms with Gasteiger partial charge in [0.15, 0.2) is 0 Å². The average molecular weight is 344 g/mol. The van der Waals surface area contributed by atoms with Gasteiger partial charge in [-0.25, -0.2) is 0 Å². The van der Waals surface area contributed by atoms with Crippen LogP contribution in [0.1, 0.15) is 28.9 Å². The number of halogens is 1. The number of carbonyl (C=O) groups is 2. The molecule has 1 aromatic heterocycles. The van der Waals surface area contributed by atoms with Gasteiger partial charge in [-0.3, -0.25) is 9.59 Å². The minimum atomic E-state index is -0.0690. The van der Waals surface area contributed by atoms with Crippen molar-refractivity contribution in [2.24, 2.45) is 11.3 Å². The van der Waals surface area contributed by atoms with Crippen LogP contribution in [0.25, 0.3) is 0 Å². The highest BCUT2D eigenvalue weighted by Crippen LogP contribution is 2.58. The van der Waals surface area contributed by atoms with Crippen molar-refractivity contribution in [3.8, 4) is 0 Å². The zero-order chi connectivity index (χ0) is 14.7. The van der Waals surface area contributed by atoms with Crippen molar-refractivity contribution in [1.82, 2.24) is 16.0 Å². The van der Waals surface area contributed by atoms with Gasteiger partial charge in [0.05, 0.1) is 4.88 Å². The molecule has 1 saturated carbocycles. The molecule has 3 rings (SSSR count). The van der Waals surface area contributed by atoms with Crippen LogP contribution in [-0.2, 0) is 4.79 Å². The Labute approximate surface area is 140 Å². The van der Waals surface area contributed by atoms with E-state index in [4.69, 9.17) is 0 Å². The fraction of sp³-hybridized carbons (Fsp3) is 0.600. The van der Waals surface area contributed by atoms with E-state index in [1.807, 2.05) is 11.4 Å². The Morgan fingerprint density at radius 2 is 2.00 bits per heavy atom. The second-order valence-electron chi connectivity index (χ2n) is 5.89. The first-order valence-corrected chi connectivity index (χ1v) is 8.39. The lowest BCUT2D eigenvalue weighted by atomic mass is 9.92. The molecule has 1 unspecified atom stereocenters. The second-order valence-corrected chi connectivity index (χ2v) is 6.84. The highest BCUT2D eigenvalue weighted by molar-refractivity contribution is 7.12. The van der Waals surface area contributed by atoms with Crippen molar-refractivity contribution in [2.75, 3.05) is 26.2 Å². The Kier molecular flexibility index (Phi) is 5.83. The molecule has 1 atom stereocenters. The Morgan fingerprint density at radius 1 is 1.27 bits per heavy atom. The van der Waals surface area contributed by atoms with E-state index in [1.54, 1.807) is 6.07 Å². The van der Waals surface area contributed by atoms with Crippen LogP contribution in [0, 0.1) is 11.3 Å². The van der Waals surface area contributed by atoms with Crippen LogP contribution in [0.2, 0.25) is 0 Å².